The molecule has 3 aromatic rings. The summed E-state index contributed by atoms with van der Waals surface area (Å²) in [5.41, 5.74) is 2.88. The van der Waals surface area contributed by atoms with E-state index in [4.69, 9.17) is 0 Å². The number of sulfonamides is 1. The van der Waals surface area contributed by atoms with Crippen LogP contribution in [0.5, 0.6) is 0 Å². The van der Waals surface area contributed by atoms with E-state index >= 15 is 0 Å². The fraction of sp³-hybridized carbons (Fsp3) is 0.174. The molecule has 1 N–H and O–H groups in total. The molecule has 0 aliphatic heterocycles. The van der Waals surface area contributed by atoms with Gasteiger partial charge < -0.3 is 5.32 Å². The van der Waals surface area contributed by atoms with E-state index in [2.05, 4.69) is 5.32 Å². The van der Waals surface area contributed by atoms with Crippen LogP contribution in [0.15, 0.2) is 83.8 Å². The summed E-state index contributed by atoms with van der Waals surface area (Å²) in [6.07, 6.45) is 0. The number of hydrogen-bond acceptors (Lipinski definition) is 3. The van der Waals surface area contributed by atoms with Gasteiger partial charge in [0.1, 0.15) is 0 Å². The second kappa shape index (κ2) is 8.49. The molecule has 0 heterocycles. The molecule has 1 unspecified atom stereocenters. The van der Waals surface area contributed by atoms with Crippen LogP contribution in [-0.4, -0.2) is 21.4 Å². The molecule has 5 nitrogen and oxygen atoms in total. The van der Waals surface area contributed by atoms with E-state index in [9.17, 15) is 13.2 Å². The predicted octanol–water partition coefficient (Wildman–Crippen LogP) is 4.31. The third-order valence-electron chi connectivity index (χ3n) is 4.80. The number of amides is 1. The number of carbonyl (C=O) groups is 1. The Balaban J connectivity index is 1.82. The quantitative estimate of drug-likeness (QED) is 0.661. The maximum absolute atomic E-state index is 13.0. The van der Waals surface area contributed by atoms with Crippen molar-refractivity contribution in [1.82, 2.24) is 5.32 Å². The van der Waals surface area contributed by atoms with Crippen LogP contribution in [0.4, 0.5) is 5.69 Å². The van der Waals surface area contributed by atoms with Gasteiger partial charge in [-0.25, -0.2) is 8.42 Å². The first-order chi connectivity index (χ1) is 13.8. The average Bonchev–Trinajstić information content (AvgIpc) is 2.74. The van der Waals surface area contributed by atoms with Crippen molar-refractivity contribution in [2.45, 2.75) is 24.8 Å². The molecule has 0 aromatic heterocycles. The van der Waals surface area contributed by atoms with Crippen molar-refractivity contribution in [2.75, 3.05) is 11.4 Å². The average molecular weight is 409 g/mol. The first-order valence-corrected chi connectivity index (χ1v) is 10.7. The second-order valence-corrected chi connectivity index (χ2v) is 8.91. The molecule has 3 aromatic carbocycles. The van der Waals surface area contributed by atoms with Gasteiger partial charge in [-0.15, -0.1) is 0 Å². The zero-order valence-electron chi connectivity index (χ0n) is 16.7. The molecule has 1 amide bonds. The van der Waals surface area contributed by atoms with Crippen molar-refractivity contribution < 1.29 is 13.2 Å². The van der Waals surface area contributed by atoms with Gasteiger partial charge >= 0.3 is 0 Å². The third-order valence-corrected chi connectivity index (χ3v) is 6.58. The molecule has 150 valence electrons. The van der Waals surface area contributed by atoms with Crippen LogP contribution in [0.1, 0.15) is 34.5 Å². The van der Waals surface area contributed by atoms with Crippen LogP contribution in [0.2, 0.25) is 0 Å². The normalized spacial score (nSPS) is 12.2. The molecule has 29 heavy (non-hydrogen) atoms. The summed E-state index contributed by atoms with van der Waals surface area (Å²) < 4.78 is 27.3. The summed E-state index contributed by atoms with van der Waals surface area (Å²) in [6, 6.07) is 22.7. The molecular formula is C23H24N2O3S. The van der Waals surface area contributed by atoms with Crippen LogP contribution in [0, 0.1) is 6.92 Å². The topological polar surface area (TPSA) is 66.5 Å². The maximum atomic E-state index is 13.0. The Morgan fingerprint density at radius 1 is 0.931 bits per heavy atom. The summed E-state index contributed by atoms with van der Waals surface area (Å²) in [5, 5.41) is 2.91. The highest BCUT2D eigenvalue weighted by molar-refractivity contribution is 7.92. The molecule has 0 spiro atoms. The molecular weight excluding hydrogens is 384 g/mol. The second-order valence-electron chi connectivity index (χ2n) is 6.94. The number of benzene rings is 3. The molecule has 0 bridgehead atoms. The zero-order valence-corrected chi connectivity index (χ0v) is 17.5. The van der Waals surface area contributed by atoms with Gasteiger partial charge in [-0.1, -0.05) is 54.1 Å². The summed E-state index contributed by atoms with van der Waals surface area (Å²) in [5.74, 6) is -0.323. The lowest BCUT2D eigenvalue weighted by atomic mass is 10.1. The number of carbonyl (C=O) groups excluding carboxylic acids is 1. The van der Waals surface area contributed by atoms with Crippen molar-refractivity contribution >= 4 is 21.6 Å². The molecule has 0 radical (unpaired) electrons. The van der Waals surface area contributed by atoms with Gasteiger partial charge in [0, 0.05) is 12.6 Å². The van der Waals surface area contributed by atoms with Crippen molar-refractivity contribution in [3.63, 3.8) is 0 Å². The van der Waals surface area contributed by atoms with Crippen molar-refractivity contribution in [3.8, 4) is 0 Å². The van der Waals surface area contributed by atoms with Crippen LogP contribution in [0.3, 0.4) is 0 Å². The summed E-state index contributed by atoms with van der Waals surface area (Å²) in [4.78, 5) is 12.7. The Morgan fingerprint density at radius 3 is 2.24 bits per heavy atom. The van der Waals surface area contributed by atoms with E-state index in [0.29, 0.717) is 11.3 Å². The van der Waals surface area contributed by atoms with Crippen molar-refractivity contribution in [2.24, 2.45) is 0 Å². The number of nitrogens with one attached hydrogen (secondary N) is 1. The van der Waals surface area contributed by atoms with Crippen LogP contribution >= 0.6 is 0 Å². The van der Waals surface area contributed by atoms with Crippen molar-refractivity contribution in [3.05, 3.63) is 95.6 Å². The maximum Gasteiger partial charge on any atom is 0.264 e. The lowest BCUT2D eigenvalue weighted by Crippen LogP contribution is -2.28. The molecule has 1 atom stereocenters. The lowest BCUT2D eigenvalue weighted by Gasteiger charge is -2.20. The van der Waals surface area contributed by atoms with E-state index in [1.54, 1.807) is 24.3 Å². The molecule has 3 rings (SSSR count). The third kappa shape index (κ3) is 4.66. The Kier molecular flexibility index (Phi) is 6.03. The van der Waals surface area contributed by atoms with E-state index in [-0.39, 0.29) is 16.8 Å². The number of anilines is 1. The number of nitrogens with zero attached hydrogens (tertiary/aromatic N) is 1. The minimum Gasteiger partial charge on any atom is -0.346 e. The fourth-order valence-electron chi connectivity index (χ4n) is 2.95. The molecule has 6 heteroatoms. The van der Waals surface area contributed by atoms with E-state index in [0.717, 1.165) is 11.1 Å². The summed E-state index contributed by atoms with van der Waals surface area (Å²) in [6.45, 7) is 3.83. The minimum absolute atomic E-state index is 0.0700. The largest absolute Gasteiger partial charge is 0.346 e. The number of hydrogen-bond donors (Lipinski definition) is 1. The highest BCUT2D eigenvalue weighted by atomic mass is 32.2. The smallest absolute Gasteiger partial charge is 0.264 e. The Morgan fingerprint density at radius 2 is 1.59 bits per heavy atom. The van der Waals surface area contributed by atoms with Crippen LogP contribution < -0.4 is 9.62 Å². The Bertz CT molecular complexity index is 1090. The SMILES string of the molecule is Cc1ccc(N(C)S(=O)(=O)c2cccc(C(=O)NC(C)c3ccccc3)c2)cc1. The summed E-state index contributed by atoms with van der Waals surface area (Å²) >= 11 is 0. The fourth-order valence-corrected chi connectivity index (χ4v) is 4.20. The molecule has 0 aliphatic carbocycles. The zero-order chi connectivity index (χ0) is 21.0. The van der Waals surface area contributed by atoms with Gasteiger partial charge in [-0.05, 0) is 49.7 Å². The lowest BCUT2D eigenvalue weighted by molar-refractivity contribution is 0.0939. The first kappa shape index (κ1) is 20.6. The Labute approximate surface area is 172 Å². The van der Waals surface area contributed by atoms with E-state index in [1.165, 1.54) is 23.5 Å². The summed E-state index contributed by atoms with van der Waals surface area (Å²) in [7, 11) is -2.28. The Hall–Kier alpha value is -3.12. The monoisotopic (exact) mass is 408 g/mol. The van der Waals surface area contributed by atoms with Crippen LogP contribution in [0.25, 0.3) is 0 Å². The van der Waals surface area contributed by atoms with Gasteiger partial charge in [-0.3, -0.25) is 9.10 Å². The molecule has 0 fully saturated rings. The minimum atomic E-state index is -3.79. The predicted molar refractivity (Wildman–Crippen MR) is 116 cm³/mol. The highest BCUT2D eigenvalue weighted by Gasteiger charge is 2.22. The van der Waals surface area contributed by atoms with E-state index in [1.807, 2.05) is 56.3 Å². The molecule has 0 saturated heterocycles. The number of aryl methyl sites for hydroxylation is 1. The van der Waals surface area contributed by atoms with Crippen LogP contribution in [-0.2, 0) is 10.0 Å². The van der Waals surface area contributed by atoms with Crippen molar-refractivity contribution in [1.29, 1.82) is 0 Å². The molecule has 0 saturated carbocycles. The van der Waals surface area contributed by atoms with E-state index < -0.39 is 10.0 Å². The van der Waals surface area contributed by atoms with Gasteiger partial charge in [0.2, 0.25) is 0 Å². The molecule has 0 aliphatic rings. The first-order valence-electron chi connectivity index (χ1n) is 9.30. The number of rotatable bonds is 6. The van der Waals surface area contributed by atoms with Gasteiger partial charge in [-0.2, -0.15) is 0 Å². The van der Waals surface area contributed by atoms with Gasteiger partial charge in [0.25, 0.3) is 15.9 Å². The highest BCUT2D eigenvalue weighted by Crippen LogP contribution is 2.23. The van der Waals surface area contributed by atoms with Gasteiger partial charge in [0.15, 0.2) is 0 Å². The standard InChI is InChI=1S/C23H24N2O3S/c1-17-12-14-21(15-13-17)25(3)29(27,28)22-11-7-10-20(16-22)23(26)24-18(2)19-8-5-4-6-9-19/h4-16,18H,1-3H3,(H,24,26). The van der Waals surface area contributed by atoms with Gasteiger partial charge in [0.05, 0.1) is 16.6 Å².